The van der Waals surface area contributed by atoms with Crippen molar-refractivity contribution in [1.82, 2.24) is 9.97 Å². The summed E-state index contributed by atoms with van der Waals surface area (Å²) in [5.74, 6) is 0. The van der Waals surface area contributed by atoms with Gasteiger partial charge >= 0.3 is 5.69 Å². The van der Waals surface area contributed by atoms with E-state index in [2.05, 4.69) is 15.3 Å². The maximum atomic E-state index is 11.3. The molecule has 0 aliphatic heterocycles. The van der Waals surface area contributed by atoms with E-state index in [9.17, 15) is 10.1 Å². The zero-order chi connectivity index (χ0) is 13.9. The molecular weight excluding hydrogens is 276 g/mol. The molecule has 1 N–H and O–H groups in total. The molecule has 2 aromatic heterocycles. The van der Waals surface area contributed by atoms with E-state index in [1.54, 1.807) is 42.2 Å². The molecule has 3 rings (SSSR count). The van der Waals surface area contributed by atoms with Gasteiger partial charge < -0.3 is 5.32 Å². The smallest absolute Gasteiger partial charge is 0.301 e. The predicted octanol–water partition coefficient (Wildman–Crippen LogP) is 3.21. The number of benzene rings is 1. The van der Waals surface area contributed by atoms with Gasteiger partial charge in [0.25, 0.3) is 0 Å². The number of pyridine rings is 1. The molecule has 0 radical (unpaired) electrons. The predicted molar refractivity (Wildman–Crippen MR) is 77.8 cm³/mol. The van der Waals surface area contributed by atoms with Gasteiger partial charge in [0.15, 0.2) is 0 Å². The number of rotatable bonds is 4. The van der Waals surface area contributed by atoms with Crippen molar-refractivity contribution in [2.75, 3.05) is 5.32 Å². The average Bonchev–Trinajstić information content (AvgIpc) is 2.97. The Bertz CT molecular complexity index is 758. The Labute approximate surface area is 118 Å². The minimum Gasteiger partial charge on any atom is -0.375 e. The van der Waals surface area contributed by atoms with Crippen molar-refractivity contribution in [3.8, 4) is 0 Å². The molecule has 0 saturated carbocycles. The van der Waals surface area contributed by atoms with Crippen LogP contribution in [0, 0.1) is 10.1 Å². The van der Waals surface area contributed by atoms with Crippen molar-refractivity contribution < 1.29 is 4.92 Å². The van der Waals surface area contributed by atoms with Gasteiger partial charge in [-0.25, -0.2) is 0 Å². The summed E-state index contributed by atoms with van der Waals surface area (Å²) >= 11 is 1.50. The molecule has 20 heavy (non-hydrogen) atoms. The maximum Gasteiger partial charge on any atom is 0.301 e. The van der Waals surface area contributed by atoms with E-state index in [4.69, 9.17) is 0 Å². The number of nitrogens with zero attached hydrogens (tertiary/aromatic N) is 3. The summed E-state index contributed by atoms with van der Waals surface area (Å²) < 4.78 is 0. The van der Waals surface area contributed by atoms with Gasteiger partial charge in [-0.1, -0.05) is 0 Å². The summed E-state index contributed by atoms with van der Waals surface area (Å²) in [4.78, 5) is 20.1. The van der Waals surface area contributed by atoms with Crippen molar-refractivity contribution in [2.45, 2.75) is 6.54 Å². The van der Waals surface area contributed by atoms with Gasteiger partial charge in [-0.3, -0.25) is 20.1 Å². The van der Waals surface area contributed by atoms with Gasteiger partial charge in [0.05, 0.1) is 27.9 Å². The number of thiazole rings is 1. The summed E-state index contributed by atoms with van der Waals surface area (Å²) in [5, 5.41) is 14.9. The number of hydrogen-bond donors (Lipinski definition) is 1. The van der Waals surface area contributed by atoms with Crippen LogP contribution < -0.4 is 5.32 Å². The van der Waals surface area contributed by atoms with Crippen LogP contribution in [0.3, 0.4) is 0 Å². The zero-order valence-corrected chi connectivity index (χ0v) is 11.1. The number of fused-ring (bicyclic) bond motifs is 1. The summed E-state index contributed by atoms with van der Waals surface area (Å²) in [6.45, 7) is 0.511. The van der Waals surface area contributed by atoms with E-state index in [0.717, 1.165) is 4.88 Å². The molecule has 0 unspecified atom stereocenters. The Morgan fingerprint density at radius 2 is 2.25 bits per heavy atom. The lowest BCUT2D eigenvalue weighted by Crippen LogP contribution is -2.02. The third-order valence-electron chi connectivity index (χ3n) is 2.88. The Morgan fingerprint density at radius 3 is 3.00 bits per heavy atom. The van der Waals surface area contributed by atoms with E-state index < -0.39 is 0 Å². The summed E-state index contributed by atoms with van der Waals surface area (Å²) in [5.41, 5.74) is 2.89. The fraction of sp³-hybridized carbons (Fsp3) is 0.0769. The second kappa shape index (κ2) is 5.22. The standard InChI is InChI=1S/C13H10N4O2S/c18-17(19)13-10-2-1-5-15-11(10)3-4-12(13)16-7-9-6-14-8-20-9/h1-6,8,16H,7H2. The third-order valence-corrected chi connectivity index (χ3v) is 3.66. The van der Waals surface area contributed by atoms with E-state index >= 15 is 0 Å². The highest BCUT2D eigenvalue weighted by Gasteiger charge is 2.18. The normalized spacial score (nSPS) is 10.6. The largest absolute Gasteiger partial charge is 0.375 e. The molecule has 3 aromatic rings. The van der Waals surface area contributed by atoms with Crippen molar-refractivity contribution >= 4 is 33.6 Å². The molecule has 0 aliphatic rings. The second-order valence-electron chi connectivity index (χ2n) is 4.11. The second-order valence-corrected chi connectivity index (χ2v) is 5.08. The fourth-order valence-electron chi connectivity index (χ4n) is 1.99. The first kappa shape index (κ1) is 12.5. The Balaban J connectivity index is 2.01. The highest BCUT2D eigenvalue weighted by Crippen LogP contribution is 2.32. The van der Waals surface area contributed by atoms with Crippen LogP contribution in [0.5, 0.6) is 0 Å². The van der Waals surface area contributed by atoms with Crippen LogP contribution in [0.4, 0.5) is 11.4 Å². The van der Waals surface area contributed by atoms with Crippen molar-refractivity contribution in [2.24, 2.45) is 0 Å². The van der Waals surface area contributed by atoms with Gasteiger partial charge in [0, 0.05) is 17.3 Å². The molecule has 0 bridgehead atoms. The Kier molecular flexibility index (Phi) is 3.26. The summed E-state index contributed by atoms with van der Waals surface area (Å²) in [6, 6.07) is 6.87. The van der Waals surface area contributed by atoms with Crippen molar-refractivity contribution in [3.05, 3.63) is 57.2 Å². The number of nitrogens with one attached hydrogen (secondary N) is 1. The first-order valence-corrected chi connectivity index (χ1v) is 6.77. The van der Waals surface area contributed by atoms with Crippen LogP contribution in [0.1, 0.15) is 4.88 Å². The minimum absolute atomic E-state index is 0.0557. The quantitative estimate of drug-likeness (QED) is 0.588. The molecule has 0 amide bonds. The third kappa shape index (κ3) is 2.30. The van der Waals surface area contributed by atoms with E-state index in [1.807, 2.05) is 0 Å². The fourth-order valence-corrected chi connectivity index (χ4v) is 2.52. The molecule has 100 valence electrons. The molecule has 0 spiro atoms. The van der Waals surface area contributed by atoms with Crippen molar-refractivity contribution in [1.29, 1.82) is 0 Å². The van der Waals surface area contributed by atoms with Crippen molar-refractivity contribution in [3.63, 3.8) is 0 Å². The first-order chi connectivity index (χ1) is 9.75. The number of nitro benzene ring substituents is 1. The molecule has 7 heteroatoms. The van der Waals surface area contributed by atoms with Gasteiger partial charge in [0.1, 0.15) is 5.69 Å². The molecule has 0 aliphatic carbocycles. The van der Waals surface area contributed by atoms with Crippen LogP contribution in [0.2, 0.25) is 0 Å². The molecule has 6 nitrogen and oxygen atoms in total. The molecule has 2 heterocycles. The lowest BCUT2D eigenvalue weighted by Gasteiger charge is -2.07. The Hall–Kier alpha value is -2.54. The summed E-state index contributed by atoms with van der Waals surface area (Å²) in [6.07, 6.45) is 3.36. The van der Waals surface area contributed by atoms with E-state index in [-0.39, 0.29) is 10.6 Å². The minimum atomic E-state index is -0.376. The monoisotopic (exact) mass is 286 g/mol. The van der Waals surface area contributed by atoms with Gasteiger partial charge in [0.2, 0.25) is 0 Å². The Morgan fingerprint density at radius 1 is 1.35 bits per heavy atom. The molecular formula is C13H10N4O2S. The SMILES string of the molecule is O=[N+]([O-])c1c(NCc2cncs2)ccc2ncccc12. The van der Waals surface area contributed by atoms with E-state index in [1.165, 1.54) is 11.3 Å². The average molecular weight is 286 g/mol. The first-order valence-electron chi connectivity index (χ1n) is 5.89. The highest BCUT2D eigenvalue weighted by molar-refractivity contribution is 7.09. The highest BCUT2D eigenvalue weighted by atomic mass is 32.1. The lowest BCUT2D eigenvalue weighted by atomic mass is 10.1. The summed E-state index contributed by atoms with van der Waals surface area (Å²) in [7, 11) is 0. The topological polar surface area (TPSA) is 81.0 Å². The molecule has 0 fully saturated rings. The van der Waals surface area contributed by atoms with Gasteiger partial charge in [-0.05, 0) is 24.3 Å². The van der Waals surface area contributed by atoms with Gasteiger partial charge in [-0.15, -0.1) is 11.3 Å². The number of aromatic nitrogens is 2. The van der Waals surface area contributed by atoms with Crippen LogP contribution in [-0.4, -0.2) is 14.9 Å². The lowest BCUT2D eigenvalue weighted by molar-refractivity contribution is -0.382. The van der Waals surface area contributed by atoms with Crippen LogP contribution in [0.25, 0.3) is 10.9 Å². The number of anilines is 1. The maximum absolute atomic E-state index is 11.3. The van der Waals surface area contributed by atoms with Crippen LogP contribution in [-0.2, 0) is 6.54 Å². The molecule has 0 atom stereocenters. The zero-order valence-electron chi connectivity index (χ0n) is 10.3. The molecule has 0 saturated heterocycles. The molecule has 1 aromatic carbocycles. The van der Waals surface area contributed by atoms with Crippen LogP contribution in [0.15, 0.2) is 42.2 Å². The van der Waals surface area contributed by atoms with Crippen LogP contribution >= 0.6 is 11.3 Å². The number of hydrogen-bond acceptors (Lipinski definition) is 6. The van der Waals surface area contributed by atoms with E-state index in [0.29, 0.717) is 23.1 Å². The number of nitro groups is 1. The van der Waals surface area contributed by atoms with Gasteiger partial charge in [-0.2, -0.15) is 0 Å².